The average Bonchev–Trinajstić information content (AvgIpc) is 2.62. The first kappa shape index (κ1) is 15.4. The summed E-state index contributed by atoms with van der Waals surface area (Å²) in [6, 6.07) is 9.69. The number of ether oxygens (including phenoxy) is 2. The summed E-state index contributed by atoms with van der Waals surface area (Å²) in [5, 5.41) is 0. The van der Waals surface area contributed by atoms with Crippen LogP contribution in [0.15, 0.2) is 36.4 Å². The number of benzene rings is 2. The SMILES string of the molecule is C#CCOc1cccc2c1C(=O)c1cccc(OCC#C)c1C2=O. The summed E-state index contributed by atoms with van der Waals surface area (Å²) >= 11 is 0. The summed E-state index contributed by atoms with van der Waals surface area (Å²) < 4.78 is 10.8. The highest BCUT2D eigenvalue weighted by Gasteiger charge is 2.34. The predicted octanol–water partition coefficient (Wildman–Crippen LogP) is 2.49. The molecule has 1 aliphatic carbocycles. The highest BCUT2D eigenvalue weighted by Crippen LogP contribution is 2.36. The van der Waals surface area contributed by atoms with E-state index in [9.17, 15) is 9.59 Å². The summed E-state index contributed by atoms with van der Waals surface area (Å²) in [6.07, 6.45) is 10.4. The van der Waals surface area contributed by atoms with E-state index in [1.807, 2.05) is 0 Å². The van der Waals surface area contributed by atoms with Gasteiger partial charge in [-0.15, -0.1) is 12.8 Å². The summed E-state index contributed by atoms with van der Waals surface area (Å²) in [5.74, 6) is 4.66. The van der Waals surface area contributed by atoms with Gasteiger partial charge in [-0.2, -0.15) is 0 Å². The van der Waals surface area contributed by atoms with Crippen molar-refractivity contribution in [3.8, 4) is 36.2 Å². The van der Waals surface area contributed by atoms with Crippen molar-refractivity contribution in [2.24, 2.45) is 0 Å². The van der Waals surface area contributed by atoms with Crippen LogP contribution in [0.4, 0.5) is 0 Å². The largest absolute Gasteiger partial charge is 0.480 e. The number of carbonyl (C=O) groups is 2. The van der Waals surface area contributed by atoms with Crippen molar-refractivity contribution in [3.05, 3.63) is 58.7 Å². The molecule has 0 bridgehead atoms. The fourth-order valence-electron chi connectivity index (χ4n) is 2.66. The lowest BCUT2D eigenvalue weighted by atomic mass is 9.83. The molecule has 2 aromatic rings. The third kappa shape index (κ3) is 2.41. The van der Waals surface area contributed by atoms with Crippen LogP contribution in [-0.4, -0.2) is 24.8 Å². The number of ketones is 2. The predicted molar refractivity (Wildman–Crippen MR) is 88.4 cm³/mol. The molecule has 1 aliphatic rings. The Morgan fingerprint density at radius 3 is 1.54 bits per heavy atom. The van der Waals surface area contributed by atoms with Crippen molar-refractivity contribution in [2.75, 3.05) is 13.2 Å². The second kappa shape index (κ2) is 6.32. The molecular formula is C20H12O4. The van der Waals surface area contributed by atoms with Crippen LogP contribution in [0.25, 0.3) is 0 Å². The lowest BCUT2D eigenvalue weighted by Crippen LogP contribution is -2.23. The van der Waals surface area contributed by atoms with E-state index in [2.05, 4.69) is 11.8 Å². The number of carbonyl (C=O) groups excluding carboxylic acids is 2. The van der Waals surface area contributed by atoms with Crippen LogP contribution in [0.1, 0.15) is 31.8 Å². The zero-order valence-electron chi connectivity index (χ0n) is 12.7. The molecule has 0 heterocycles. The molecule has 24 heavy (non-hydrogen) atoms. The van der Waals surface area contributed by atoms with Crippen LogP contribution < -0.4 is 9.47 Å². The molecular weight excluding hydrogens is 304 g/mol. The molecule has 0 atom stereocenters. The van der Waals surface area contributed by atoms with E-state index in [1.165, 1.54) is 0 Å². The molecule has 0 unspecified atom stereocenters. The molecule has 0 N–H and O–H groups in total. The van der Waals surface area contributed by atoms with Crippen LogP contribution in [0, 0.1) is 24.7 Å². The Morgan fingerprint density at radius 2 is 1.17 bits per heavy atom. The molecule has 0 saturated heterocycles. The minimum atomic E-state index is -0.307. The molecule has 0 amide bonds. The molecule has 116 valence electrons. The minimum Gasteiger partial charge on any atom is -0.480 e. The van der Waals surface area contributed by atoms with Crippen molar-refractivity contribution in [2.45, 2.75) is 0 Å². The van der Waals surface area contributed by atoms with Crippen LogP contribution in [0.2, 0.25) is 0 Å². The number of terminal acetylenes is 2. The second-order valence-corrected chi connectivity index (χ2v) is 5.00. The quantitative estimate of drug-likeness (QED) is 0.694. The third-order valence-corrected chi connectivity index (χ3v) is 3.62. The summed E-state index contributed by atoms with van der Waals surface area (Å²) in [5.41, 5.74) is 0.969. The Bertz CT molecular complexity index is 848. The molecule has 0 aromatic heterocycles. The Labute approximate surface area is 139 Å². The molecule has 0 spiro atoms. The van der Waals surface area contributed by atoms with Crippen molar-refractivity contribution in [3.63, 3.8) is 0 Å². The zero-order valence-corrected chi connectivity index (χ0v) is 12.7. The summed E-state index contributed by atoms with van der Waals surface area (Å²) in [6.45, 7) is 0.0200. The fraction of sp³-hybridized carbons (Fsp3) is 0.100. The normalized spacial score (nSPS) is 11.8. The Kier molecular flexibility index (Phi) is 4.05. The minimum absolute atomic E-state index is 0.0100. The smallest absolute Gasteiger partial charge is 0.198 e. The van der Waals surface area contributed by atoms with Crippen molar-refractivity contribution in [1.82, 2.24) is 0 Å². The molecule has 4 nitrogen and oxygen atoms in total. The van der Waals surface area contributed by atoms with Crippen LogP contribution in [0.3, 0.4) is 0 Å². The van der Waals surface area contributed by atoms with Gasteiger partial charge in [0.05, 0.1) is 11.1 Å². The maximum absolute atomic E-state index is 12.9. The summed E-state index contributed by atoms with van der Waals surface area (Å²) in [4.78, 5) is 25.8. The molecule has 4 heteroatoms. The van der Waals surface area contributed by atoms with E-state index >= 15 is 0 Å². The fourth-order valence-corrected chi connectivity index (χ4v) is 2.66. The van der Waals surface area contributed by atoms with Crippen molar-refractivity contribution in [1.29, 1.82) is 0 Å². The first-order valence-electron chi connectivity index (χ1n) is 7.17. The van der Waals surface area contributed by atoms with Gasteiger partial charge in [-0.3, -0.25) is 9.59 Å². The van der Waals surface area contributed by atoms with Gasteiger partial charge in [-0.1, -0.05) is 36.1 Å². The van der Waals surface area contributed by atoms with Gasteiger partial charge in [-0.05, 0) is 12.1 Å². The van der Waals surface area contributed by atoms with Crippen LogP contribution in [-0.2, 0) is 0 Å². The number of fused-ring (bicyclic) bond motifs is 2. The second-order valence-electron chi connectivity index (χ2n) is 5.00. The van der Waals surface area contributed by atoms with Gasteiger partial charge in [0.1, 0.15) is 24.7 Å². The number of hydrogen-bond acceptors (Lipinski definition) is 4. The van der Waals surface area contributed by atoms with E-state index in [1.54, 1.807) is 36.4 Å². The maximum atomic E-state index is 12.9. The first-order valence-corrected chi connectivity index (χ1v) is 7.17. The van der Waals surface area contributed by atoms with Crippen molar-refractivity contribution < 1.29 is 19.1 Å². The Morgan fingerprint density at radius 1 is 0.750 bits per heavy atom. The van der Waals surface area contributed by atoms with Crippen LogP contribution in [0.5, 0.6) is 11.5 Å². The van der Waals surface area contributed by atoms with E-state index in [0.29, 0.717) is 11.5 Å². The number of rotatable bonds is 4. The molecule has 0 radical (unpaired) electrons. The van der Waals surface area contributed by atoms with Gasteiger partial charge in [0.15, 0.2) is 11.6 Å². The van der Waals surface area contributed by atoms with E-state index < -0.39 is 0 Å². The topological polar surface area (TPSA) is 52.6 Å². The molecule has 3 rings (SSSR count). The standard InChI is InChI=1S/C20H12O4/c1-3-11-23-15-9-5-7-13-17(15)19(21)14-8-6-10-16(24-12-4-2)18(14)20(13)22/h1-2,5-10H,11-12H2. The van der Waals surface area contributed by atoms with Crippen LogP contribution >= 0.6 is 0 Å². The lowest BCUT2D eigenvalue weighted by Gasteiger charge is -2.21. The summed E-state index contributed by atoms with van der Waals surface area (Å²) in [7, 11) is 0. The van der Waals surface area contributed by atoms with E-state index in [0.717, 1.165) is 0 Å². The first-order chi connectivity index (χ1) is 11.7. The highest BCUT2D eigenvalue weighted by molar-refractivity contribution is 6.30. The van der Waals surface area contributed by atoms with Gasteiger partial charge in [0, 0.05) is 11.1 Å². The van der Waals surface area contributed by atoms with Crippen molar-refractivity contribution >= 4 is 11.6 Å². The third-order valence-electron chi connectivity index (χ3n) is 3.62. The monoisotopic (exact) mass is 316 g/mol. The van der Waals surface area contributed by atoms with Gasteiger partial charge >= 0.3 is 0 Å². The van der Waals surface area contributed by atoms with E-state index in [4.69, 9.17) is 22.3 Å². The Balaban J connectivity index is 2.16. The molecule has 2 aromatic carbocycles. The maximum Gasteiger partial charge on any atom is 0.198 e. The van der Waals surface area contributed by atoms with E-state index in [-0.39, 0.29) is 47.0 Å². The average molecular weight is 316 g/mol. The Hall–Kier alpha value is -3.50. The molecule has 0 aliphatic heterocycles. The van der Waals surface area contributed by atoms with Gasteiger partial charge in [0.25, 0.3) is 0 Å². The molecule has 0 fully saturated rings. The van der Waals surface area contributed by atoms with Gasteiger partial charge < -0.3 is 9.47 Å². The number of hydrogen-bond donors (Lipinski definition) is 0. The molecule has 0 saturated carbocycles. The zero-order chi connectivity index (χ0) is 17.1. The lowest BCUT2D eigenvalue weighted by molar-refractivity contribution is 0.0973. The van der Waals surface area contributed by atoms with Gasteiger partial charge in [-0.25, -0.2) is 0 Å². The van der Waals surface area contributed by atoms with Gasteiger partial charge in [0.2, 0.25) is 0 Å². The highest BCUT2D eigenvalue weighted by atomic mass is 16.5.